The molecule has 7 amide bonds. The third kappa shape index (κ3) is 21.5. The van der Waals surface area contributed by atoms with E-state index < -0.39 is 186 Å². The van der Waals surface area contributed by atoms with Crippen LogP contribution in [-0.2, 0) is 87.7 Å². The molecule has 2 unspecified atom stereocenters. The Kier molecular flexibility index (Phi) is 31.7. The van der Waals surface area contributed by atoms with Crippen LogP contribution in [0.5, 0.6) is 0 Å². The lowest BCUT2D eigenvalue weighted by molar-refractivity contribution is -0.221. The number of nitrogens with zero attached hydrogens (tertiary/aromatic N) is 1. The Bertz CT molecular complexity index is 3250. The molecule has 31 nitrogen and oxygen atoms in total. The van der Waals surface area contributed by atoms with Crippen molar-refractivity contribution in [3.05, 3.63) is 65.8 Å². The van der Waals surface area contributed by atoms with Gasteiger partial charge in [0.15, 0.2) is 30.1 Å². The number of primary amides is 1. The smallest absolute Gasteiger partial charge is 0.429 e. The molecule has 13 N–H and O–H groups in total. The number of anilines is 1. The van der Waals surface area contributed by atoms with Gasteiger partial charge in [-0.2, -0.15) is 0 Å². The Balaban J connectivity index is 0.912. The fraction of sp³-hybridized carbons (Fsp3) is 0.681. The molecule has 0 aromatic heterocycles. The fourth-order valence-corrected chi connectivity index (χ4v) is 15.0. The molecule has 1 saturated heterocycles. The van der Waals surface area contributed by atoms with Crippen molar-refractivity contribution in [2.45, 2.75) is 178 Å². The summed E-state index contributed by atoms with van der Waals surface area (Å²) in [4.78, 5) is 146. The van der Waals surface area contributed by atoms with E-state index in [1.54, 1.807) is 20.8 Å². The number of Topliss-reactive ketones (excluding diaryl/α,β-unsaturated/α-hetero) is 3. The second-order valence-corrected chi connectivity index (χ2v) is 28.1. The molecule has 578 valence electrons. The highest BCUT2D eigenvalue weighted by molar-refractivity contribution is 6.13. The zero-order valence-corrected chi connectivity index (χ0v) is 59.7. The number of carbonyl (C=O) groups excluding carboxylic acids is 11. The molecule has 104 heavy (non-hydrogen) atoms. The third-order valence-corrected chi connectivity index (χ3v) is 20.7. The molecule has 2 heterocycles. The van der Waals surface area contributed by atoms with Gasteiger partial charge < -0.3 is 96.2 Å². The number of halogens is 1. The van der Waals surface area contributed by atoms with Crippen LogP contribution in [0.25, 0.3) is 0 Å². The van der Waals surface area contributed by atoms with Crippen LogP contribution >= 0.6 is 0 Å². The van der Waals surface area contributed by atoms with Gasteiger partial charge in [-0.25, -0.2) is 14.0 Å². The quantitative estimate of drug-likeness (QED) is 0.0250. The lowest BCUT2D eigenvalue weighted by Crippen LogP contribution is -2.69. The number of carbonyl (C=O) groups is 11. The SMILES string of the molecule is CCCC1O[C@@H]2C[C@H]3[C@@H]4C[C@H](N)C5=CC(=O)C=CC5[C@@]4(F)[C@@H](O)C[C@]3(C)[C@]2(C(=O)COC(=O)OCc2ccc(NC(=O)[C@H](CCCNC(N)=O)CC(=O)[C@@H](NC(=O)[C@@H](CCC(=O)NC[C@H](O)[C@@H](C)[C@H](O)[C@H](O)CO)CC(=O)CCOCCOCCOCCOCCN3C(=O)C=CC3=O)C(C)C)cc2)O1. The van der Waals surface area contributed by atoms with Crippen LogP contribution in [0.1, 0.15) is 117 Å². The topological polar surface area (TPSA) is 466 Å². The summed E-state index contributed by atoms with van der Waals surface area (Å²) in [6, 6.07) is 3.39. The largest absolute Gasteiger partial charge is 0.509 e. The number of allylic oxidation sites excluding steroid dienone is 3. The van der Waals surface area contributed by atoms with Crippen LogP contribution in [0.4, 0.5) is 19.7 Å². The maximum atomic E-state index is 17.7. The molecule has 4 fully saturated rings. The van der Waals surface area contributed by atoms with Crippen molar-refractivity contribution in [1.29, 1.82) is 0 Å². The minimum Gasteiger partial charge on any atom is -0.429 e. The number of ether oxygens (including phenoxy) is 8. The van der Waals surface area contributed by atoms with E-state index in [0.29, 0.717) is 24.0 Å². The van der Waals surface area contributed by atoms with E-state index in [0.717, 1.165) is 4.90 Å². The number of hydrogen-bond acceptors (Lipinski definition) is 25. The van der Waals surface area contributed by atoms with Crippen molar-refractivity contribution in [2.24, 2.45) is 58.3 Å². The zero-order valence-electron chi connectivity index (χ0n) is 59.7. The number of ketones is 4. The molecular formula is C72H104FN7O24. The summed E-state index contributed by atoms with van der Waals surface area (Å²) in [5.74, 6) is -10.9. The van der Waals surface area contributed by atoms with E-state index in [1.807, 2.05) is 6.92 Å². The molecular weight excluding hydrogens is 1370 g/mol. The van der Waals surface area contributed by atoms with Gasteiger partial charge >= 0.3 is 12.2 Å². The number of benzene rings is 1. The number of rotatable bonds is 45. The van der Waals surface area contributed by atoms with Gasteiger partial charge in [0, 0.05) is 97.7 Å². The lowest BCUT2D eigenvalue weighted by atomic mass is 9.48. The molecule has 1 aromatic carbocycles. The highest BCUT2D eigenvalue weighted by Gasteiger charge is 2.78. The van der Waals surface area contributed by atoms with Gasteiger partial charge in [-0.05, 0) is 92.2 Å². The summed E-state index contributed by atoms with van der Waals surface area (Å²) in [7, 11) is 0. The predicted octanol–water partition coefficient (Wildman–Crippen LogP) is 1.38. The zero-order chi connectivity index (χ0) is 76.1. The Morgan fingerprint density at radius 3 is 2.07 bits per heavy atom. The van der Waals surface area contributed by atoms with Gasteiger partial charge in [-0.15, -0.1) is 0 Å². The van der Waals surface area contributed by atoms with Gasteiger partial charge in [0.25, 0.3) is 11.8 Å². The third-order valence-electron chi connectivity index (χ3n) is 20.7. The molecule has 2 aliphatic heterocycles. The number of urea groups is 1. The van der Waals surface area contributed by atoms with E-state index in [2.05, 4.69) is 21.3 Å². The maximum Gasteiger partial charge on any atom is 0.509 e. The summed E-state index contributed by atoms with van der Waals surface area (Å²) < 4.78 is 63.5. The minimum absolute atomic E-state index is 0.0488. The molecule has 7 rings (SSSR count). The second-order valence-electron chi connectivity index (χ2n) is 28.1. The Hall–Kier alpha value is -7.34. The van der Waals surface area contributed by atoms with Gasteiger partial charge in [-0.1, -0.05) is 59.2 Å². The summed E-state index contributed by atoms with van der Waals surface area (Å²) in [5, 5.41) is 62.4. The van der Waals surface area contributed by atoms with Crippen LogP contribution in [0.15, 0.2) is 60.2 Å². The number of hydrogen-bond donors (Lipinski definition) is 11. The fourth-order valence-electron chi connectivity index (χ4n) is 15.0. The second kappa shape index (κ2) is 39.3. The van der Waals surface area contributed by atoms with Gasteiger partial charge in [0.1, 0.15) is 24.2 Å². The molecule has 4 aliphatic carbocycles. The molecule has 32 heteroatoms. The first-order valence-electron chi connectivity index (χ1n) is 35.8. The van der Waals surface area contributed by atoms with E-state index in [4.69, 9.17) is 49.4 Å². The van der Waals surface area contributed by atoms with Crippen molar-refractivity contribution in [1.82, 2.24) is 20.9 Å². The first-order chi connectivity index (χ1) is 49.5. The number of fused-ring (bicyclic) bond motifs is 7. The molecule has 1 aromatic rings. The normalized spacial score (nSPS) is 26.5. The first-order valence-corrected chi connectivity index (χ1v) is 35.8. The number of amides is 7. The van der Waals surface area contributed by atoms with E-state index in [9.17, 15) is 78.3 Å². The molecule has 6 aliphatic rings. The van der Waals surface area contributed by atoms with Crippen molar-refractivity contribution in [3.63, 3.8) is 0 Å². The average molecular weight is 1470 g/mol. The average Bonchev–Trinajstić information content (AvgIpc) is 1.52. The van der Waals surface area contributed by atoms with Gasteiger partial charge in [0.05, 0.1) is 96.5 Å². The number of nitrogens with two attached hydrogens (primary N) is 2. The van der Waals surface area contributed by atoms with Gasteiger partial charge in [-0.3, -0.25) is 48.1 Å². The maximum absolute atomic E-state index is 17.7. The summed E-state index contributed by atoms with van der Waals surface area (Å²) >= 11 is 0. The number of nitrogens with one attached hydrogen (secondary N) is 4. The van der Waals surface area contributed by atoms with Crippen LogP contribution in [0, 0.1) is 46.8 Å². The number of imide groups is 1. The number of aliphatic hydroxyl groups is 5. The summed E-state index contributed by atoms with van der Waals surface area (Å²) in [6.07, 6.45) is -2.50. The molecule has 0 bridgehead atoms. The molecule has 0 spiro atoms. The first kappa shape index (κ1) is 83.9. The predicted molar refractivity (Wildman–Crippen MR) is 366 cm³/mol. The lowest BCUT2D eigenvalue weighted by Gasteiger charge is -2.60. The molecule has 3 saturated carbocycles. The Labute approximate surface area is 603 Å². The van der Waals surface area contributed by atoms with E-state index in [-0.39, 0.29) is 148 Å². The molecule has 0 radical (unpaired) electrons. The van der Waals surface area contributed by atoms with Crippen LogP contribution < -0.4 is 32.7 Å². The van der Waals surface area contributed by atoms with E-state index in [1.165, 1.54) is 61.6 Å². The summed E-state index contributed by atoms with van der Waals surface area (Å²) in [6.45, 7) is 7.61. The standard InChI is InChI=1S/C72H104FN7O24/c1-6-8-63-103-59-35-51-52-34-53(74)49-33-47(82)15-16-50(49)71(52,73)57(87)36-70(51,5)72(59,104-63)58(88)40-102-69(96)101-39-43-10-13-46(14-11-43)78-66(93)44(9-7-21-76-68(75)95)32-54(84)64(41(2)3)79-67(94)45(12-17-60(89)77-37-55(85)42(4)65(92)56(86)38-81)31-48(83)20-23-97-25-27-99-29-30-100-28-26-98-24-22-80-61(90)18-19-62(80)91/h10-11,13-16,18-19,33,41-42,44-45,50-53,55-57,59,63-65,81,85-87,92H,6-9,12,17,20-32,34-40,74H2,1-5H3,(H,77,89)(H,78,93)(H,79,94)(H3,75,76,95)/t42-,44-,45+,50?,51+,52+,53+,55+,56-,57+,59-,63?,64+,65+,70+,71+,72-/m1/s1. The van der Waals surface area contributed by atoms with Crippen molar-refractivity contribution >= 4 is 70.5 Å². The van der Waals surface area contributed by atoms with Crippen LogP contribution in [0.3, 0.4) is 0 Å². The molecule has 17 atom stereocenters. The highest BCUT2D eigenvalue weighted by atomic mass is 19.1. The van der Waals surface area contributed by atoms with Crippen LogP contribution in [0.2, 0.25) is 0 Å². The van der Waals surface area contributed by atoms with Crippen molar-refractivity contribution in [3.8, 4) is 0 Å². The summed E-state index contributed by atoms with van der Waals surface area (Å²) in [5.41, 5.74) is 7.85. The van der Waals surface area contributed by atoms with Gasteiger partial charge in [0.2, 0.25) is 23.5 Å². The van der Waals surface area contributed by atoms with Crippen LogP contribution in [-0.4, -0.2) is 241 Å². The van der Waals surface area contributed by atoms with Crippen molar-refractivity contribution in [2.75, 3.05) is 91.0 Å². The minimum atomic E-state index is -2.21. The number of aliphatic hydroxyl groups excluding tert-OH is 5. The monoisotopic (exact) mass is 1470 g/mol. The Morgan fingerprint density at radius 1 is 0.788 bits per heavy atom. The highest BCUT2D eigenvalue weighted by Crippen LogP contribution is 2.69. The number of alkyl halides is 1. The van der Waals surface area contributed by atoms with Crippen molar-refractivity contribution < 1.29 is 121 Å². The van der Waals surface area contributed by atoms with E-state index >= 15 is 4.39 Å². The Morgan fingerprint density at radius 2 is 1.43 bits per heavy atom.